The molecule has 0 N–H and O–H groups in total. The Morgan fingerprint density at radius 2 is 1.92 bits per heavy atom. The highest BCUT2D eigenvalue weighted by molar-refractivity contribution is 5.96. The van der Waals surface area contributed by atoms with E-state index in [9.17, 15) is 31.1 Å². The van der Waals surface area contributed by atoms with Crippen LogP contribution in [0.1, 0.15) is 6.92 Å². The molecule has 0 aromatic carbocycles. The maximum absolute atomic E-state index is 13.1. The Hall–Kier alpha value is -1.55. The molecule has 1 aliphatic carbocycles. The van der Waals surface area contributed by atoms with Gasteiger partial charge in [0.05, 0.1) is 12.5 Å². The average molecular weight is 373 g/mol. The fourth-order valence-corrected chi connectivity index (χ4v) is 2.74. The number of alkyl halides is 6. The van der Waals surface area contributed by atoms with Crippen molar-refractivity contribution in [1.29, 1.82) is 0 Å². The molecule has 3 atom stereocenters. The molecule has 0 spiro atoms. The number of epoxide rings is 1. The first kappa shape index (κ1) is 19.8. The quantitative estimate of drug-likeness (QED) is 0.562. The third kappa shape index (κ3) is 4.17. The first-order chi connectivity index (χ1) is 11.3. The molecular formula is C15H17F6NO3. The number of carbonyl (C=O) groups is 1. The van der Waals surface area contributed by atoms with E-state index in [0.717, 1.165) is 11.8 Å². The van der Waals surface area contributed by atoms with E-state index in [1.165, 1.54) is 14.2 Å². The predicted octanol–water partition coefficient (Wildman–Crippen LogP) is 3.06. The molecule has 1 saturated heterocycles. The number of halogens is 6. The molecule has 3 unspecified atom stereocenters. The lowest BCUT2D eigenvalue weighted by Crippen LogP contribution is -2.40. The lowest BCUT2D eigenvalue weighted by atomic mass is 9.80. The number of amides is 1. The molecule has 1 fully saturated rings. The molecule has 0 radical (unpaired) electrons. The second-order valence-electron chi connectivity index (χ2n) is 6.14. The fraction of sp³-hybridized carbons (Fsp3) is 0.667. The zero-order valence-electron chi connectivity index (χ0n) is 13.7. The van der Waals surface area contributed by atoms with Gasteiger partial charge in [-0.1, -0.05) is 13.0 Å². The summed E-state index contributed by atoms with van der Waals surface area (Å²) in [5, 5.41) is 0. The summed E-state index contributed by atoms with van der Waals surface area (Å²) in [5.41, 5.74) is -2.03. The summed E-state index contributed by atoms with van der Waals surface area (Å²) in [6, 6.07) is 0. The minimum atomic E-state index is -4.96. The Balaban J connectivity index is 2.32. The van der Waals surface area contributed by atoms with Crippen LogP contribution in [-0.4, -0.2) is 56.3 Å². The molecule has 0 aromatic rings. The maximum Gasteiger partial charge on any atom is 0.413 e. The van der Waals surface area contributed by atoms with E-state index in [-0.39, 0.29) is 13.2 Å². The monoisotopic (exact) mass is 373 g/mol. The van der Waals surface area contributed by atoms with Crippen LogP contribution in [0.15, 0.2) is 23.3 Å². The molecule has 2 aliphatic rings. The third-order valence-corrected chi connectivity index (χ3v) is 4.31. The molecule has 1 heterocycles. The highest BCUT2D eigenvalue weighted by Crippen LogP contribution is 2.45. The summed E-state index contributed by atoms with van der Waals surface area (Å²) in [6.45, 7) is 0.921. The van der Waals surface area contributed by atoms with Crippen molar-refractivity contribution in [2.24, 2.45) is 11.8 Å². The summed E-state index contributed by atoms with van der Waals surface area (Å²) < 4.78 is 88.7. The number of nitrogens with zero attached hydrogens (tertiary/aromatic N) is 1. The van der Waals surface area contributed by atoms with Gasteiger partial charge in [0.15, 0.2) is 0 Å². The van der Waals surface area contributed by atoms with Gasteiger partial charge in [0, 0.05) is 31.2 Å². The maximum atomic E-state index is 13.1. The molecule has 4 nitrogen and oxygen atoms in total. The van der Waals surface area contributed by atoms with E-state index in [0.29, 0.717) is 12.2 Å². The van der Waals surface area contributed by atoms with Crippen LogP contribution in [0, 0.1) is 11.8 Å². The molecule has 2 rings (SSSR count). The van der Waals surface area contributed by atoms with Gasteiger partial charge < -0.3 is 14.4 Å². The minimum absolute atomic E-state index is 0.110. The van der Waals surface area contributed by atoms with Crippen LogP contribution >= 0.6 is 0 Å². The zero-order valence-corrected chi connectivity index (χ0v) is 13.7. The van der Waals surface area contributed by atoms with Crippen LogP contribution in [0.3, 0.4) is 0 Å². The van der Waals surface area contributed by atoms with Gasteiger partial charge in [-0.05, 0) is 6.08 Å². The summed E-state index contributed by atoms with van der Waals surface area (Å²) in [4.78, 5) is 13.3. The number of likely N-dealkylation sites (N-methyl/N-ethyl adjacent to an activating group) is 1. The van der Waals surface area contributed by atoms with Crippen LogP contribution in [0.4, 0.5) is 26.3 Å². The highest BCUT2D eigenvalue weighted by atomic mass is 19.4. The second kappa shape index (κ2) is 6.31. The van der Waals surface area contributed by atoms with Gasteiger partial charge in [0.2, 0.25) is 5.79 Å². The van der Waals surface area contributed by atoms with Crippen molar-refractivity contribution >= 4 is 5.91 Å². The molecule has 1 aliphatic heterocycles. The van der Waals surface area contributed by atoms with Gasteiger partial charge in [-0.25, -0.2) is 0 Å². The minimum Gasteiger partial charge on any atom is -0.350 e. The molecule has 1 amide bonds. The van der Waals surface area contributed by atoms with E-state index in [1.54, 1.807) is 0 Å². The van der Waals surface area contributed by atoms with Crippen LogP contribution in [0.25, 0.3) is 0 Å². The molecule has 0 saturated carbocycles. The van der Waals surface area contributed by atoms with E-state index in [2.05, 4.69) is 0 Å². The number of hydrogen-bond acceptors (Lipinski definition) is 3. The first-order valence-corrected chi connectivity index (χ1v) is 7.32. The Kier molecular flexibility index (Phi) is 4.99. The summed E-state index contributed by atoms with van der Waals surface area (Å²) in [7, 11) is 2.58. The largest absolute Gasteiger partial charge is 0.413 e. The molecule has 142 valence electrons. The van der Waals surface area contributed by atoms with E-state index in [4.69, 9.17) is 9.47 Å². The predicted molar refractivity (Wildman–Crippen MR) is 74.3 cm³/mol. The smallest absolute Gasteiger partial charge is 0.350 e. The lowest BCUT2D eigenvalue weighted by molar-refractivity contribution is -0.177. The van der Waals surface area contributed by atoms with E-state index in [1.807, 2.05) is 0 Å². The molecule has 0 aromatic heterocycles. The van der Waals surface area contributed by atoms with Crippen molar-refractivity contribution in [3.8, 4) is 0 Å². The van der Waals surface area contributed by atoms with E-state index < -0.39 is 47.0 Å². The van der Waals surface area contributed by atoms with Crippen molar-refractivity contribution < 1.29 is 40.6 Å². The number of rotatable bonds is 4. The van der Waals surface area contributed by atoms with Crippen molar-refractivity contribution in [1.82, 2.24) is 4.90 Å². The first-order valence-electron chi connectivity index (χ1n) is 7.32. The Labute approximate surface area is 140 Å². The molecule has 10 heteroatoms. The average Bonchev–Trinajstić information content (AvgIpc) is 3.24. The Morgan fingerprint density at radius 3 is 2.32 bits per heavy atom. The Morgan fingerprint density at radius 1 is 1.36 bits per heavy atom. The third-order valence-electron chi connectivity index (χ3n) is 4.31. The topological polar surface area (TPSA) is 42.1 Å². The van der Waals surface area contributed by atoms with Crippen molar-refractivity contribution in [2.45, 2.75) is 25.1 Å². The molecule has 25 heavy (non-hydrogen) atoms. The van der Waals surface area contributed by atoms with Gasteiger partial charge in [0.1, 0.15) is 6.61 Å². The number of methoxy groups -OCH3 is 1. The number of carbonyl (C=O) groups excluding carboxylic acids is 1. The van der Waals surface area contributed by atoms with Crippen LogP contribution in [-0.2, 0) is 14.3 Å². The van der Waals surface area contributed by atoms with Gasteiger partial charge in [0.25, 0.3) is 5.91 Å². The van der Waals surface area contributed by atoms with Crippen molar-refractivity contribution in [3.05, 3.63) is 23.3 Å². The SMILES string of the molecule is COC1(CN(C)C(=O)C2=CC(C(F)(F)F)C(C)C(C(F)(F)F)=C2)CO1. The van der Waals surface area contributed by atoms with E-state index >= 15 is 0 Å². The molecule has 0 bridgehead atoms. The lowest BCUT2D eigenvalue weighted by Gasteiger charge is -2.32. The summed E-state index contributed by atoms with van der Waals surface area (Å²) in [5.74, 6) is -6.24. The van der Waals surface area contributed by atoms with Gasteiger partial charge in [-0.15, -0.1) is 0 Å². The van der Waals surface area contributed by atoms with Crippen LogP contribution in [0.2, 0.25) is 0 Å². The second-order valence-corrected chi connectivity index (χ2v) is 6.14. The van der Waals surface area contributed by atoms with Crippen molar-refractivity contribution in [2.75, 3.05) is 27.3 Å². The standard InChI is InChI=1S/C15H17F6NO3/c1-8-10(14(16,17)18)4-9(5-11(8)15(19,20)21)12(23)22(2)6-13(24-3)7-25-13/h4-5,8,10H,6-7H2,1-3H3. The van der Waals surface area contributed by atoms with Crippen LogP contribution < -0.4 is 0 Å². The number of allylic oxidation sites excluding steroid dienone is 2. The van der Waals surface area contributed by atoms with Gasteiger partial charge >= 0.3 is 12.4 Å². The Bertz CT molecular complexity index is 603. The number of ether oxygens (including phenoxy) is 2. The summed E-state index contributed by atoms with van der Waals surface area (Å²) in [6.07, 6.45) is -8.83. The number of hydrogen-bond donors (Lipinski definition) is 0. The normalized spacial score (nSPS) is 29.8. The fourth-order valence-electron chi connectivity index (χ4n) is 2.74. The highest BCUT2D eigenvalue weighted by Gasteiger charge is 2.51. The zero-order chi connectivity index (χ0) is 19.2. The van der Waals surface area contributed by atoms with Gasteiger partial charge in [-0.2, -0.15) is 26.3 Å². The molecular weight excluding hydrogens is 356 g/mol. The van der Waals surface area contributed by atoms with Crippen LogP contribution in [0.5, 0.6) is 0 Å². The van der Waals surface area contributed by atoms with Gasteiger partial charge in [-0.3, -0.25) is 4.79 Å². The van der Waals surface area contributed by atoms with Crippen molar-refractivity contribution in [3.63, 3.8) is 0 Å². The summed E-state index contributed by atoms with van der Waals surface area (Å²) >= 11 is 0.